The fourth-order valence-electron chi connectivity index (χ4n) is 0.823. The minimum Gasteiger partial charge on any atom is -0.352 e. The molecule has 0 saturated carbocycles. The highest BCUT2D eigenvalue weighted by Gasteiger charge is 2.15. The second-order valence-electron chi connectivity index (χ2n) is 3.93. The molecule has 1 rings (SSSR count). The first-order chi connectivity index (χ1) is 7.53. The lowest BCUT2D eigenvalue weighted by atomic mass is 10.1. The Morgan fingerprint density at radius 1 is 1.25 bits per heavy atom. The molecule has 5 nitrogen and oxygen atoms in total. The summed E-state index contributed by atoms with van der Waals surface area (Å²) in [4.78, 5) is 8.17. The van der Waals surface area contributed by atoms with Crippen molar-refractivity contribution >= 4 is 5.95 Å². The second kappa shape index (κ2) is 7.14. The average Bonchev–Trinajstić information content (AvgIpc) is 2.31. The van der Waals surface area contributed by atoms with Crippen LogP contribution in [-0.4, -0.2) is 27.3 Å². The number of hydrogen-bond acceptors (Lipinski definition) is 5. The van der Waals surface area contributed by atoms with E-state index in [1.54, 1.807) is 12.4 Å². The molecule has 0 saturated heterocycles. The summed E-state index contributed by atoms with van der Waals surface area (Å²) in [5.74, 6) is 0.568. The van der Waals surface area contributed by atoms with Crippen molar-refractivity contribution < 1.29 is 5.21 Å². The van der Waals surface area contributed by atoms with E-state index in [0.29, 0.717) is 12.5 Å². The van der Waals surface area contributed by atoms with Crippen molar-refractivity contribution in [3.05, 3.63) is 18.0 Å². The Labute approximate surface area is 97.3 Å². The van der Waals surface area contributed by atoms with E-state index >= 15 is 0 Å². The predicted octanol–water partition coefficient (Wildman–Crippen LogP) is 1.98. The summed E-state index contributed by atoms with van der Waals surface area (Å²) in [5.41, 5.74) is 2.83. The van der Waals surface area contributed by atoms with E-state index in [9.17, 15) is 0 Å². The molecule has 0 spiro atoms. The van der Waals surface area contributed by atoms with Gasteiger partial charge in [-0.1, -0.05) is 13.8 Å². The van der Waals surface area contributed by atoms with Crippen molar-refractivity contribution in [2.45, 2.75) is 40.2 Å². The van der Waals surface area contributed by atoms with Crippen molar-refractivity contribution in [1.29, 1.82) is 0 Å². The molecule has 92 valence electrons. The van der Waals surface area contributed by atoms with Crippen LogP contribution in [0.25, 0.3) is 0 Å². The van der Waals surface area contributed by atoms with Crippen LogP contribution in [0.3, 0.4) is 0 Å². The zero-order valence-corrected chi connectivity index (χ0v) is 10.7. The van der Waals surface area contributed by atoms with Crippen LogP contribution in [0.4, 0.5) is 5.95 Å². The van der Waals surface area contributed by atoms with Gasteiger partial charge in [0.1, 0.15) is 0 Å². The molecular weight excluding hydrogens is 204 g/mol. The predicted molar refractivity (Wildman–Crippen MR) is 65.6 cm³/mol. The summed E-state index contributed by atoms with van der Waals surface area (Å²) < 4.78 is 0. The van der Waals surface area contributed by atoms with E-state index in [0.717, 1.165) is 5.56 Å². The van der Waals surface area contributed by atoms with E-state index < -0.39 is 5.54 Å². The Morgan fingerprint density at radius 2 is 1.75 bits per heavy atom. The lowest BCUT2D eigenvalue weighted by molar-refractivity contribution is 0.0884. The third-order valence-electron chi connectivity index (χ3n) is 1.77. The Balaban J connectivity index is 0.00000106. The van der Waals surface area contributed by atoms with Crippen molar-refractivity contribution in [1.82, 2.24) is 15.4 Å². The molecule has 5 heteroatoms. The van der Waals surface area contributed by atoms with E-state index in [2.05, 4.69) is 20.8 Å². The maximum Gasteiger partial charge on any atom is 0.222 e. The largest absolute Gasteiger partial charge is 0.352 e. The molecule has 0 aromatic carbocycles. The van der Waals surface area contributed by atoms with E-state index in [1.165, 1.54) is 0 Å². The molecule has 0 radical (unpaired) electrons. The number of rotatable bonds is 4. The van der Waals surface area contributed by atoms with E-state index in [1.807, 2.05) is 34.6 Å². The molecule has 0 aliphatic heterocycles. The van der Waals surface area contributed by atoms with Gasteiger partial charge >= 0.3 is 0 Å². The zero-order valence-electron chi connectivity index (χ0n) is 10.7. The van der Waals surface area contributed by atoms with Crippen molar-refractivity contribution in [2.75, 3.05) is 11.9 Å². The fourth-order valence-corrected chi connectivity index (χ4v) is 0.823. The third kappa shape index (κ3) is 5.63. The molecule has 0 unspecified atom stereocenters. The van der Waals surface area contributed by atoms with Gasteiger partial charge in [-0.25, -0.2) is 9.97 Å². The molecular formula is C11H22N4O. The Morgan fingerprint density at radius 3 is 2.19 bits per heavy atom. The topological polar surface area (TPSA) is 70.1 Å². The van der Waals surface area contributed by atoms with Gasteiger partial charge < -0.3 is 10.5 Å². The van der Waals surface area contributed by atoms with Gasteiger partial charge in [0.15, 0.2) is 0 Å². The molecule has 0 amide bonds. The van der Waals surface area contributed by atoms with Crippen LogP contribution in [0.2, 0.25) is 0 Å². The van der Waals surface area contributed by atoms with E-state index in [-0.39, 0.29) is 0 Å². The van der Waals surface area contributed by atoms with Crippen LogP contribution in [0.5, 0.6) is 0 Å². The molecule has 1 aromatic heterocycles. The van der Waals surface area contributed by atoms with Gasteiger partial charge in [-0.15, -0.1) is 0 Å². The Kier molecular flexibility index (Phi) is 6.60. The quantitative estimate of drug-likeness (QED) is 0.685. The number of aryl methyl sites for hydroxylation is 1. The molecule has 16 heavy (non-hydrogen) atoms. The standard InChI is InChI=1S/C9H16N4O.C2H6/c1-7-4-10-8(11-5-7)12-6-9(2,3)13-14;1-2/h4-5,13-14H,6H2,1-3H3,(H,10,11,12);1-2H3. The molecule has 1 heterocycles. The number of aromatic nitrogens is 2. The van der Waals surface area contributed by atoms with Crippen LogP contribution >= 0.6 is 0 Å². The lowest BCUT2D eigenvalue weighted by Crippen LogP contribution is -2.43. The van der Waals surface area contributed by atoms with Gasteiger partial charge in [-0.2, -0.15) is 5.48 Å². The molecule has 0 aliphatic carbocycles. The molecule has 0 fully saturated rings. The van der Waals surface area contributed by atoms with Crippen LogP contribution in [0, 0.1) is 6.92 Å². The highest BCUT2D eigenvalue weighted by atomic mass is 16.5. The number of nitrogens with one attached hydrogen (secondary N) is 2. The van der Waals surface area contributed by atoms with Crippen LogP contribution in [0.1, 0.15) is 33.3 Å². The van der Waals surface area contributed by atoms with Gasteiger partial charge in [0, 0.05) is 18.9 Å². The van der Waals surface area contributed by atoms with Crippen molar-refractivity contribution in [2.24, 2.45) is 0 Å². The summed E-state index contributed by atoms with van der Waals surface area (Å²) in [5, 5.41) is 11.8. The number of anilines is 1. The van der Waals surface area contributed by atoms with Gasteiger partial charge in [0.05, 0.1) is 5.54 Å². The van der Waals surface area contributed by atoms with Crippen molar-refractivity contribution in [3.8, 4) is 0 Å². The maximum atomic E-state index is 8.79. The Bertz CT molecular complexity index is 285. The third-order valence-corrected chi connectivity index (χ3v) is 1.77. The van der Waals surface area contributed by atoms with Crippen LogP contribution in [0.15, 0.2) is 12.4 Å². The van der Waals surface area contributed by atoms with Crippen LogP contribution < -0.4 is 10.8 Å². The molecule has 0 atom stereocenters. The summed E-state index contributed by atoms with van der Waals surface area (Å²) in [6, 6.07) is 0. The minimum atomic E-state index is -0.395. The monoisotopic (exact) mass is 226 g/mol. The zero-order chi connectivity index (χ0) is 12.6. The van der Waals surface area contributed by atoms with Gasteiger partial charge in [0.2, 0.25) is 5.95 Å². The van der Waals surface area contributed by atoms with Gasteiger partial charge in [0.25, 0.3) is 0 Å². The Hall–Kier alpha value is -1.20. The molecule has 0 bridgehead atoms. The van der Waals surface area contributed by atoms with Crippen molar-refractivity contribution in [3.63, 3.8) is 0 Å². The summed E-state index contributed by atoms with van der Waals surface area (Å²) >= 11 is 0. The van der Waals surface area contributed by atoms with Gasteiger partial charge in [-0.05, 0) is 26.3 Å². The number of hydrogen-bond donors (Lipinski definition) is 3. The summed E-state index contributed by atoms with van der Waals surface area (Å²) in [7, 11) is 0. The minimum absolute atomic E-state index is 0.395. The molecule has 3 N–H and O–H groups in total. The second-order valence-corrected chi connectivity index (χ2v) is 3.93. The average molecular weight is 226 g/mol. The van der Waals surface area contributed by atoms with Crippen LogP contribution in [-0.2, 0) is 0 Å². The summed E-state index contributed by atoms with van der Waals surface area (Å²) in [6.07, 6.45) is 3.49. The number of nitrogens with zero attached hydrogens (tertiary/aromatic N) is 2. The normalized spacial score (nSPS) is 10.4. The first-order valence-corrected chi connectivity index (χ1v) is 5.47. The maximum absolute atomic E-state index is 8.79. The molecule has 1 aromatic rings. The van der Waals surface area contributed by atoms with Gasteiger partial charge in [-0.3, -0.25) is 0 Å². The first-order valence-electron chi connectivity index (χ1n) is 5.47. The highest BCUT2D eigenvalue weighted by Crippen LogP contribution is 2.03. The first kappa shape index (κ1) is 14.8. The van der Waals surface area contributed by atoms with E-state index in [4.69, 9.17) is 5.21 Å². The lowest BCUT2D eigenvalue weighted by Gasteiger charge is -2.22. The fraction of sp³-hybridized carbons (Fsp3) is 0.636. The SMILES string of the molecule is CC.Cc1cnc(NCC(C)(C)NO)nc1. The molecule has 0 aliphatic rings. The smallest absolute Gasteiger partial charge is 0.222 e. The highest BCUT2D eigenvalue weighted by molar-refractivity contribution is 5.25. The number of hydroxylamine groups is 1. The summed E-state index contributed by atoms with van der Waals surface area (Å²) in [6.45, 7) is 10.2.